The molecule has 0 amide bonds. The molecule has 2 aromatic rings. The Balaban J connectivity index is 1.77. The Morgan fingerprint density at radius 1 is 0.833 bits per heavy atom. The van der Waals surface area contributed by atoms with Crippen LogP contribution in [0.2, 0.25) is 0 Å². The fourth-order valence-electron chi connectivity index (χ4n) is 4.26. The van der Waals surface area contributed by atoms with Gasteiger partial charge in [0.2, 0.25) is 0 Å². The molecule has 8 heteroatoms. The van der Waals surface area contributed by atoms with Crippen LogP contribution in [0.15, 0.2) is 54.6 Å². The molecule has 4 rings (SSSR count). The smallest absolute Gasteiger partial charge is 0.378 e. The molecule has 2 aliphatic rings. The summed E-state index contributed by atoms with van der Waals surface area (Å²) < 4.78 is 87.1. The average Bonchev–Trinajstić information content (AvgIpc) is 2.66. The molecule has 2 heterocycles. The Hall–Kier alpha value is -2.32. The summed E-state index contributed by atoms with van der Waals surface area (Å²) in [5.74, 6) is 0. The molecule has 2 nitrogen and oxygen atoms in total. The van der Waals surface area contributed by atoms with Crippen LogP contribution in [0.4, 0.5) is 26.3 Å². The number of alkyl halides is 6. The number of morpholine rings is 1. The maximum absolute atomic E-state index is 13.6. The average molecular weight is 427 g/mol. The van der Waals surface area contributed by atoms with Gasteiger partial charge in [-0.05, 0) is 29.7 Å². The number of hydrogen-bond acceptors (Lipinski definition) is 2. The zero-order valence-electron chi connectivity index (χ0n) is 15.8. The number of halogens is 6. The SMILES string of the molecule is FC(F)(F)c1cccc(C(F)(F)F)c1C1=CC2COCC(C1)N2Cc1ccccc1. The Morgan fingerprint density at radius 3 is 2.03 bits per heavy atom. The Labute approximate surface area is 169 Å². The van der Waals surface area contributed by atoms with Gasteiger partial charge in [0.25, 0.3) is 0 Å². The van der Waals surface area contributed by atoms with Crippen LogP contribution in [0.5, 0.6) is 0 Å². The first kappa shape index (κ1) is 20.9. The maximum Gasteiger partial charge on any atom is 0.417 e. The van der Waals surface area contributed by atoms with E-state index in [0.717, 1.165) is 11.6 Å². The summed E-state index contributed by atoms with van der Waals surface area (Å²) in [6.07, 6.45) is -8.20. The lowest BCUT2D eigenvalue weighted by molar-refractivity contribution is -0.143. The van der Waals surface area contributed by atoms with E-state index in [1.165, 1.54) is 6.08 Å². The van der Waals surface area contributed by atoms with Crippen molar-refractivity contribution in [2.24, 2.45) is 0 Å². The first-order valence-electron chi connectivity index (χ1n) is 9.50. The van der Waals surface area contributed by atoms with Crippen LogP contribution >= 0.6 is 0 Å². The van der Waals surface area contributed by atoms with Gasteiger partial charge in [0.1, 0.15) is 0 Å². The molecule has 2 atom stereocenters. The topological polar surface area (TPSA) is 12.5 Å². The summed E-state index contributed by atoms with van der Waals surface area (Å²) >= 11 is 0. The van der Waals surface area contributed by atoms with E-state index in [-0.39, 0.29) is 31.2 Å². The largest absolute Gasteiger partial charge is 0.417 e. The molecule has 0 saturated carbocycles. The van der Waals surface area contributed by atoms with Crippen LogP contribution in [0.1, 0.15) is 28.7 Å². The zero-order chi connectivity index (χ0) is 21.5. The van der Waals surface area contributed by atoms with Gasteiger partial charge >= 0.3 is 12.4 Å². The van der Waals surface area contributed by atoms with Crippen LogP contribution < -0.4 is 0 Å². The van der Waals surface area contributed by atoms with E-state index in [2.05, 4.69) is 4.90 Å². The van der Waals surface area contributed by atoms with Crippen LogP contribution in [0.25, 0.3) is 5.57 Å². The summed E-state index contributed by atoms with van der Waals surface area (Å²) in [5.41, 5.74) is -2.15. The van der Waals surface area contributed by atoms with E-state index >= 15 is 0 Å². The molecule has 2 aliphatic heterocycles. The quantitative estimate of drug-likeness (QED) is 0.576. The second-order valence-electron chi connectivity index (χ2n) is 7.54. The van der Waals surface area contributed by atoms with Crippen LogP contribution in [-0.4, -0.2) is 30.2 Å². The molecule has 0 radical (unpaired) electrons. The predicted octanol–water partition coefficient (Wildman–Crippen LogP) is 5.78. The Morgan fingerprint density at radius 2 is 1.47 bits per heavy atom. The lowest BCUT2D eigenvalue weighted by Gasteiger charge is -2.45. The number of ether oxygens (including phenoxy) is 1. The van der Waals surface area contributed by atoms with Crippen molar-refractivity contribution in [3.63, 3.8) is 0 Å². The summed E-state index contributed by atoms with van der Waals surface area (Å²) in [5, 5.41) is 0. The van der Waals surface area contributed by atoms with Crippen molar-refractivity contribution in [3.8, 4) is 0 Å². The second kappa shape index (κ2) is 7.74. The standard InChI is InChI=1S/C22H19F6NO/c23-21(24,25)18-7-4-8-19(22(26,27)28)20(18)15-9-16-12-30-13-17(10-15)29(16)11-14-5-2-1-3-6-14/h1-9,16-17H,10-13H2. The number of fused-ring (bicyclic) bond motifs is 2. The molecular weight excluding hydrogens is 408 g/mol. The normalized spacial score (nSPS) is 22.7. The first-order chi connectivity index (χ1) is 14.1. The number of rotatable bonds is 3. The van der Waals surface area contributed by atoms with Gasteiger partial charge in [0.05, 0.1) is 30.4 Å². The van der Waals surface area contributed by atoms with Crippen molar-refractivity contribution >= 4 is 5.57 Å². The van der Waals surface area contributed by atoms with Gasteiger partial charge in [0, 0.05) is 18.2 Å². The molecule has 0 aromatic heterocycles. The molecule has 160 valence electrons. The number of benzene rings is 2. The van der Waals surface area contributed by atoms with Crippen LogP contribution in [0.3, 0.4) is 0 Å². The molecule has 2 unspecified atom stereocenters. The lowest BCUT2D eigenvalue weighted by atomic mass is 9.84. The van der Waals surface area contributed by atoms with Crippen molar-refractivity contribution in [2.75, 3.05) is 13.2 Å². The fraction of sp³-hybridized carbons (Fsp3) is 0.364. The van der Waals surface area contributed by atoms with E-state index in [1.807, 2.05) is 30.3 Å². The van der Waals surface area contributed by atoms with Crippen LogP contribution in [-0.2, 0) is 23.6 Å². The van der Waals surface area contributed by atoms with Gasteiger partial charge in [0.15, 0.2) is 0 Å². The van der Waals surface area contributed by atoms with Gasteiger partial charge in [-0.1, -0.05) is 42.5 Å². The Bertz CT molecular complexity index is 903. The van der Waals surface area contributed by atoms with Gasteiger partial charge < -0.3 is 4.74 Å². The summed E-state index contributed by atoms with van der Waals surface area (Å²) in [7, 11) is 0. The monoisotopic (exact) mass is 427 g/mol. The number of nitrogens with zero attached hydrogens (tertiary/aromatic N) is 1. The van der Waals surface area contributed by atoms with Crippen molar-refractivity contribution in [3.05, 3.63) is 76.9 Å². The second-order valence-corrected chi connectivity index (χ2v) is 7.54. The molecular formula is C22H19F6NO. The van der Waals surface area contributed by atoms with Gasteiger partial charge in [-0.2, -0.15) is 26.3 Å². The van der Waals surface area contributed by atoms with E-state index in [1.54, 1.807) is 0 Å². The molecule has 2 aromatic carbocycles. The van der Waals surface area contributed by atoms with E-state index < -0.39 is 35.1 Å². The molecule has 0 aliphatic carbocycles. The first-order valence-corrected chi connectivity index (χ1v) is 9.50. The molecule has 1 fully saturated rings. The molecule has 0 spiro atoms. The van der Waals surface area contributed by atoms with E-state index in [9.17, 15) is 26.3 Å². The molecule has 2 bridgehead atoms. The van der Waals surface area contributed by atoms with Gasteiger partial charge in [-0.15, -0.1) is 0 Å². The highest BCUT2D eigenvalue weighted by Gasteiger charge is 2.44. The third-order valence-electron chi connectivity index (χ3n) is 5.55. The highest BCUT2D eigenvalue weighted by Crippen LogP contribution is 2.45. The minimum atomic E-state index is -4.88. The van der Waals surface area contributed by atoms with Crippen LogP contribution in [0, 0.1) is 0 Å². The van der Waals surface area contributed by atoms with E-state index in [4.69, 9.17) is 4.74 Å². The molecule has 0 N–H and O–H groups in total. The predicted molar refractivity (Wildman–Crippen MR) is 99.4 cm³/mol. The third kappa shape index (κ3) is 4.11. The Kier molecular flexibility index (Phi) is 5.40. The van der Waals surface area contributed by atoms with Gasteiger partial charge in [-0.3, -0.25) is 4.90 Å². The fourth-order valence-corrected chi connectivity index (χ4v) is 4.26. The maximum atomic E-state index is 13.6. The number of hydrogen-bond donors (Lipinski definition) is 0. The third-order valence-corrected chi connectivity index (χ3v) is 5.55. The van der Waals surface area contributed by atoms with Crippen molar-refractivity contribution in [1.82, 2.24) is 4.90 Å². The summed E-state index contributed by atoms with van der Waals surface area (Å²) in [4.78, 5) is 2.09. The van der Waals surface area contributed by atoms with Crippen molar-refractivity contribution < 1.29 is 31.1 Å². The minimum Gasteiger partial charge on any atom is -0.378 e. The van der Waals surface area contributed by atoms with Crippen molar-refractivity contribution in [1.29, 1.82) is 0 Å². The van der Waals surface area contributed by atoms with E-state index in [0.29, 0.717) is 18.7 Å². The molecule has 1 saturated heterocycles. The van der Waals surface area contributed by atoms with Gasteiger partial charge in [-0.25, -0.2) is 0 Å². The zero-order valence-corrected chi connectivity index (χ0v) is 15.8. The van der Waals surface area contributed by atoms with Crippen molar-refractivity contribution in [2.45, 2.75) is 37.4 Å². The highest BCUT2D eigenvalue weighted by atomic mass is 19.4. The lowest BCUT2D eigenvalue weighted by Crippen LogP contribution is -2.53. The minimum absolute atomic E-state index is 0.0551. The highest BCUT2D eigenvalue weighted by molar-refractivity contribution is 5.74. The summed E-state index contributed by atoms with van der Waals surface area (Å²) in [6.45, 7) is 1.04. The summed E-state index contributed by atoms with van der Waals surface area (Å²) in [6, 6.07) is 11.1. The molecule has 30 heavy (non-hydrogen) atoms.